The van der Waals surface area contributed by atoms with Gasteiger partial charge in [-0.25, -0.2) is 0 Å². The van der Waals surface area contributed by atoms with Crippen LogP contribution in [0.15, 0.2) is 60.1 Å². The fourth-order valence-electron chi connectivity index (χ4n) is 4.70. The number of carbonyl (C=O) groups excluding carboxylic acids is 1. The van der Waals surface area contributed by atoms with Gasteiger partial charge in [-0.05, 0) is 53.6 Å². The highest BCUT2D eigenvalue weighted by atomic mass is 32.2. The minimum atomic E-state index is 0.0694. The van der Waals surface area contributed by atoms with Gasteiger partial charge in [-0.2, -0.15) is 0 Å². The molecule has 0 bridgehead atoms. The number of rotatable bonds is 18. The number of unbranched alkanes of at least 4 members (excludes halogenated alkanes) is 9. The lowest BCUT2D eigenvalue weighted by atomic mass is 10.1. The molecule has 0 aliphatic carbocycles. The van der Waals surface area contributed by atoms with Gasteiger partial charge in [0.25, 0.3) is 0 Å². The average molecular weight is 523 g/mol. The molecule has 5 heteroatoms. The maximum absolute atomic E-state index is 12.4. The molecule has 4 nitrogen and oxygen atoms in total. The molecule has 1 aliphatic heterocycles. The van der Waals surface area contributed by atoms with Gasteiger partial charge in [-0.3, -0.25) is 4.79 Å². The molecule has 1 aliphatic rings. The van der Waals surface area contributed by atoms with Gasteiger partial charge in [0.1, 0.15) is 5.75 Å². The molecule has 2 aromatic rings. The average Bonchev–Trinajstić information content (AvgIpc) is 3.41. The molecule has 0 radical (unpaired) electrons. The fraction of sp³-hybridized carbons (Fsp3) is 0.531. The van der Waals surface area contributed by atoms with E-state index in [1.54, 1.807) is 6.92 Å². The lowest BCUT2D eigenvalue weighted by Crippen LogP contribution is -2.30. The van der Waals surface area contributed by atoms with Crippen LogP contribution >= 0.6 is 11.8 Å². The molecule has 3 rings (SSSR count). The fourth-order valence-corrected chi connectivity index (χ4v) is 5.42. The predicted molar refractivity (Wildman–Crippen MR) is 159 cm³/mol. The van der Waals surface area contributed by atoms with E-state index in [0.717, 1.165) is 43.3 Å². The van der Waals surface area contributed by atoms with Gasteiger partial charge in [0.15, 0.2) is 0 Å². The summed E-state index contributed by atoms with van der Waals surface area (Å²) in [5.41, 5.74) is 3.41. The molecule has 0 N–H and O–H groups in total. The van der Waals surface area contributed by atoms with Gasteiger partial charge in [-0.1, -0.05) is 89.0 Å². The number of thioether (sulfide) groups is 1. The van der Waals surface area contributed by atoms with Crippen LogP contribution in [-0.4, -0.2) is 29.8 Å². The van der Waals surface area contributed by atoms with Crippen molar-refractivity contribution in [1.29, 1.82) is 0 Å². The highest BCUT2D eigenvalue weighted by Crippen LogP contribution is 2.22. The Hall–Kier alpha value is -2.40. The van der Waals surface area contributed by atoms with E-state index in [4.69, 9.17) is 4.74 Å². The van der Waals surface area contributed by atoms with E-state index in [9.17, 15) is 4.79 Å². The molecule has 2 aromatic carbocycles. The van der Waals surface area contributed by atoms with Crippen LogP contribution in [0, 0.1) is 0 Å². The summed E-state index contributed by atoms with van der Waals surface area (Å²) < 4.78 is 6.03. The molecule has 37 heavy (non-hydrogen) atoms. The first kappa shape index (κ1) is 29.2. The van der Waals surface area contributed by atoms with Crippen molar-refractivity contribution in [3.8, 4) is 5.75 Å². The Labute approximate surface area is 229 Å². The summed E-state index contributed by atoms with van der Waals surface area (Å²) in [5, 5.41) is 2.13. The van der Waals surface area contributed by atoms with E-state index in [2.05, 4.69) is 65.9 Å². The Morgan fingerprint density at radius 2 is 1.62 bits per heavy atom. The van der Waals surface area contributed by atoms with E-state index < -0.39 is 0 Å². The molecule has 0 fully saturated rings. The van der Waals surface area contributed by atoms with Crippen molar-refractivity contribution in [2.24, 2.45) is 0 Å². The topological polar surface area (TPSA) is 32.8 Å². The molecule has 0 aromatic heterocycles. The summed E-state index contributed by atoms with van der Waals surface area (Å²) in [6.45, 7) is 6.25. The molecule has 0 saturated heterocycles. The quantitative estimate of drug-likeness (QED) is 0.184. The third-order valence-electron chi connectivity index (χ3n) is 6.91. The number of hydrogen-bond donors (Lipinski definition) is 0. The van der Waals surface area contributed by atoms with Crippen molar-refractivity contribution in [3.05, 3.63) is 71.3 Å². The Morgan fingerprint density at radius 3 is 2.27 bits per heavy atom. The number of nitrogens with zero attached hydrogens (tertiary/aromatic N) is 2. The highest BCUT2D eigenvalue weighted by Gasteiger charge is 2.13. The lowest BCUT2D eigenvalue weighted by molar-refractivity contribution is -0.116. The largest absolute Gasteiger partial charge is 0.494 e. The Bertz CT molecular complexity index is 944. The maximum atomic E-state index is 12.4. The number of ether oxygens (including phenoxy) is 1. The van der Waals surface area contributed by atoms with Gasteiger partial charge in [0, 0.05) is 31.9 Å². The Balaban J connectivity index is 1.36. The summed E-state index contributed by atoms with van der Waals surface area (Å²) in [5.74, 6) is 2.00. The standard InChI is InChI=1S/C32H46N2O2S/c1-3-4-5-6-7-8-9-10-11-12-23-36-32-15-13-14-29(25-32)20-21-34(28(2)35)31-18-16-30(17-19-31)26-33-22-24-37-27-33/h13-19,22,24-25H,3-12,20-21,23,26-27H2,1-2H3. The van der Waals surface area contributed by atoms with Gasteiger partial charge < -0.3 is 14.5 Å². The van der Waals surface area contributed by atoms with Crippen molar-refractivity contribution in [2.45, 2.75) is 91.0 Å². The second kappa shape index (κ2) is 17.2. The summed E-state index contributed by atoms with van der Waals surface area (Å²) in [6, 6.07) is 16.7. The molecule has 202 valence electrons. The summed E-state index contributed by atoms with van der Waals surface area (Å²) in [7, 11) is 0. The van der Waals surface area contributed by atoms with Crippen molar-refractivity contribution in [3.63, 3.8) is 0 Å². The number of benzene rings is 2. The van der Waals surface area contributed by atoms with Crippen LogP contribution in [0.4, 0.5) is 5.69 Å². The van der Waals surface area contributed by atoms with Crippen LogP contribution in [0.1, 0.15) is 89.2 Å². The zero-order chi connectivity index (χ0) is 26.1. The normalized spacial score (nSPS) is 12.8. The molecule has 0 saturated carbocycles. The van der Waals surface area contributed by atoms with Crippen molar-refractivity contribution in [1.82, 2.24) is 4.90 Å². The first-order valence-electron chi connectivity index (χ1n) is 14.3. The predicted octanol–water partition coefficient (Wildman–Crippen LogP) is 8.56. The molecular weight excluding hydrogens is 476 g/mol. The molecule has 0 spiro atoms. The molecule has 0 atom stereocenters. The molecule has 1 amide bonds. The Kier molecular flexibility index (Phi) is 13.5. The first-order valence-corrected chi connectivity index (χ1v) is 15.3. The summed E-state index contributed by atoms with van der Waals surface area (Å²) in [4.78, 5) is 16.6. The molecule has 0 unspecified atom stereocenters. The smallest absolute Gasteiger partial charge is 0.223 e. The van der Waals surface area contributed by atoms with Crippen molar-refractivity contribution >= 4 is 23.4 Å². The number of hydrogen-bond acceptors (Lipinski definition) is 4. The summed E-state index contributed by atoms with van der Waals surface area (Å²) in [6.07, 6.45) is 16.2. The second-order valence-corrected chi connectivity index (χ2v) is 11.0. The number of carbonyl (C=O) groups is 1. The SMILES string of the molecule is CCCCCCCCCCCCOc1cccc(CCN(C(C)=O)c2ccc(CN3C=CSC3)cc2)c1. The van der Waals surface area contributed by atoms with E-state index in [0.29, 0.717) is 6.54 Å². The zero-order valence-corrected chi connectivity index (χ0v) is 23.8. The van der Waals surface area contributed by atoms with Crippen LogP contribution in [0.3, 0.4) is 0 Å². The van der Waals surface area contributed by atoms with Crippen LogP contribution in [-0.2, 0) is 17.8 Å². The van der Waals surface area contributed by atoms with Crippen LogP contribution in [0.25, 0.3) is 0 Å². The molecule has 1 heterocycles. The lowest BCUT2D eigenvalue weighted by Gasteiger charge is -2.22. The minimum absolute atomic E-state index is 0.0694. The summed E-state index contributed by atoms with van der Waals surface area (Å²) >= 11 is 1.81. The highest BCUT2D eigenvalue weighted by molar-refractivity contribution is 8.02. The minimum Gasteiger partial charge on any atom is -0.494 e. The zero-order valence-electron chi connectivity index (χ0n) is 23.0. The van der Waals surface area contributed by atoms with Crippen molar-refractivity contribution in [2.75, 3.05) is 23.9 Å². The van der Waals surface area contributed by atoms with E-state index in [1.807, 2.05) is 22.7 Å². The van der Waals surface area contributed by atoms with Crippen LogP contribution in [0.5, 0.6) is 5.75 Å². The van der Waals surface area contributed by atoms with Crippen molar-refractivity contribution < 1.29 is 9.53 Å². The van der Waals surface area contributed by atoms with Gasteiger partial charge in [0.05, 0.1) is 12.5 Å². The van der Waals surface area contributed by atoms with Gasteiger partial charge in [-0.15, -0.1) is 11.8 Å². The third-order valence-corrected chi connectivity index (χ3v) is 7.71. The van der Waals surface area contributed by atoms with Gasteiger partial charge >= 0.3 is 0 Å². The number of amides is 1. The van der Waals surface area contributed by atoms with E-state index in [1.165, 1.54) is 68.9 Å². The number of anilines is 1. The monoisotopic (exact) mass is 522 g/mol. The van der Waals surface area contributed by atoms with E-state index in [-0.39, 0.29) is 5.91 Å². The van der Waals surface area contributed by atoms with Crippen LogP contribution in [0.2, 0.25) is 0 Å². The second-order valence-electron chi connectivity index (χ2n) is 10.1. The first-order chi connectivity index (χ1) is 18.2. The maximum Gasteiger partial charge on any atom is 0.223 e. The molecular formula is C32H46N2O2S. The van der Waals surface area contributed by atoms with E-state index >= 15 is 0 Å². The Morgan fingerprint density at radius 1 is 0.919 bits per heavy atom. The van der Waals surface area contributed by atoms with Crippen LogP contribution < -0.4 is 9.64 Å². The third kappa shape index (κ3) is 11.3. The van der Waals surface area contributed by atoms with Gasteiger partial charge in [0.2, 0.25) is 5.91 Å².